The van der Waals surface area contributed by atoms with E-state index in [1.165, 1.54) is 50.3 Å². The summed E-state index contributed by atoms with van der Waals surface area (Å²) in [5.74, 6) is 3.77. The Morgan fingerprint density at radius 2 is 2.08 bits per heavy atom. The summed E-state index contributed by atoms with van der Waals surface area (Å²) in [6.07, 6.45) is 5.62. The molecule has 0 unspecified atom stereocenters. The van der Waals surface area contributed by atoms with Crippen LogP contribution in [0.1, 0.15) is 32.6 Å². The fourth-order valence-corrected chi connectivity index (χ4v) is 2.47. The molecule has 1 aliphatic heterocycles. The highest BCUT2D eigenvalue weighted by Crippen LogP contribution is 2.14. The zero-order valence-corrected chi connectivity index (χ0v) is 8.96. The average molecular weight is 187 g/mol. The van der Waals surface area contributed by atoms with Gasteiger partial charge < -0.3 is 5.32 Å². The van der Waals surface area contributed by atoms with Gasteiger partial charge in [0.2, 0.25) is 0 Å². The summed E-state index contributed by atoms with van der Waals surface area (Å²) in [4.78, 5) is 0. The van der Waals surface area contributed by atoms with Gasteiger partial charge in [-0.15, -0.1) is 0 Å². The van der Waals surface area contributed by atoms with Crippen LogP contribution in [0.3, 0.4) is 0 Å². The molecule has 1 N–H and O–H groups in total. The topological polar surface area (TPSA) is 12.0 Å². The zero-order valence-electron chi connectivity index (χ0n) is 8.14. The average Bonchev–Trinajstić information content (AvgIpc) is 2.00. The van der Waals surface area contributed by atoms with Crippen molar-refractivity contribution in [1.82, 2.24) is 5.32 Å². The highest BCUT2D eigenvalue weighted by atomic mass is 32.2. The molecule has 0 saturated carbocycles. The van der Waals surface area contributed by atoms with Gasteiger partial charge in [0.15, 0.2) is 0 Å². The van der Waals surface area contributed by atoms with Crippen LogP contribution in [-0.2, 0) is 0 Å². The molecule has 0 aromatic heterocycles. The predicted molar refractivity (Wildman–Crippen MR) is 57.8 cm³/mol. The number of nitrogens with one attached hydrogen (secondary N) is 1. The summed E-state index contributed by atoms with van der Waals surface area (Å²) in [5.41, 5.74) is 0. The van der Waals surface area contributed by atoms with Crippen LogP contribution in [-0.4, -0.2) is 24.6 Å². The molecule has 0 aromatic rings. The van der Waals surface area contributed by atoms with E-state index in [0.717, 1.165) is 5.92 Å². The third-order valence-corrected chi connectivity index (χ3v) is 3.53. The van der Waals surface area contributed by atoms with Gasteiger partial charge in [-0.1, -0.05) is 19.8 Å². The van der Waals surface area contributed by atoms with Gasteiger partial charge in [-0.2, -0.15) is 11.8 Å². The standard InChI is InChI=1S/C10H21NS/c1-2-3-4-6-12-7-5-10-8-11-9-10/h10-11H,2-9H2,1H3. The predicted octanol–water partition coefficient (Wildman–Crippen LogP) is 2.52. The van der Waals surface area contributed by atoms with E-state index < -0.39 is 0 Å². The first kappa shape index (κ1) is 10.4. The van der Waals surface area contributed by atoms with Gasteiger partial charge in [0.1, 0.15) is 0 Å². The van der Waals surface area contributed by atoms with Crippen molar-refractivity contribution < 1.29 is 0 Å². The molecule has 72 valence electrons. The summed E-state index contributed by atoms with van der Waals surface area (Å²) in [6, 6.07) is 0. The fourth-order valence-electron chi connectivity index (χ4n) is 1.36. The lowest BCUT2D eigenvalue weighted by molar-refractivity contribution is 0.341. The maximum Gasteiger partial charge on any atom is -0.000796 e. The third-order valence-electron chi connectivity index (χ3n) is 2.43. The van der Waals surface area contributed by atoms with Crippen LogP contribution < -0.4 is 5.32 Å². The summed E-state index contributed by atoms with van der Waals surface area (Å²) in [5, 5.41) is 3.31. The van der Waals surface area contributed by atoms with E-state index in [2.05, 4.69) is 24.0 Å². The van der Waals surface area contributed by atoms with E-state index in [0.29, 0.717) is 0 Å². The van der Waals surface area contributed by atoms with Crippen LogP contribution in [0.15, 0.2) is 0 Å². The highest BCUT2D eigenvalue weighted by molar-refractivity contribution is 7.99. The minimum Gasteiger partial charge on any atom is -0.316 e. The first-order valence-electron chi connectivity index (χ1n) is 5.22. The second-order valence-corrected chi connectivity index (χ2v) is 4.86. The Labute approximate surface area is 80.7 Å². The van der Waals surface area contributed by atoms with Gasteiger partial charge in [0, 0.05) is 0 Å². The minimum atomic E-state index is 1.00. The van der Waals surface area contributed by atoms with Crippen molar-refractivity contribution >= 4 is 11.8 Å². The van der Waals surface area contributed by atoms with E-state index in [9.17, 15) is 0 Å². The SMILES string of the molecule is CCCCCSCCC1CNC1. The Bertz CT molecular complexity index is 102. The Morgan fingerprint density at radius 1 is 1.25 bits per heavy atom. The lowest BCUT2D eigenvalue weighted by atomic mass is 10.0. The number of thioether (sulfide) groups is 1. The largest absolute Gasteiger partial charge is 0.316 e. The molecule has 1 rings (SSSR count). The highest BCUT2D eigenvalue weighted by Gasteiger charge is 2.15. The van der Waals surface area contributed by atoms with Gasteiger partial charge >= 0.3 is 0 Å². The second kappa shape index (κ2) is 6.79. The summed E-state index contributed by atoms with van der Waals surface area (Å²) in [7, 11) is 0. The van der Waals surface area contributed by atoms with Gasteiger partial charge in [-0.3, -0.25) is 0 Å². The molecule has 0 atom stereocenters. The number of unbranched alkanes of at least 4 members (excludes halogenated alkanes) is 2. The molecule has 0 aliphatic carbocycles. The van der Waals surface area contributed by atoms with Gasteiger partial charge in [-0.05, 0) is 43.4 Å². The maximum absolute atomic E-state index is 3.31. The van der Waals surface area contributed by atoms with Gasteiger partial charge in [0.25, 0.3) is 0 Å². The molecule has 1 aliphatic rings. The molecule has 1 heterocycles. The third kappa shape index (κ3) is 4.36. The van der Waals surface area contributed by atoms with Crippen molar-refractivity contribution in [3.8, 4) is 0 Å². The molecule has 0 aromatic carbocycles. The number of rotatable bonds is 7. The van der Waals surface area contributed by atoms with E-state index in [1.807, 2.05) is 0 Å². The van der Waals surface area contributed by atoms with E-state index >= 15 is 0 Å². The van der Waals surface area contributed by atoms with Crippen molar-refractivity contribution in [2.24, 2.45) is 5.92 Å². The first-order valence-corrected chi connectivity index (χ1v) is 6.37. The Balaban J connectivity index is 1.70. The van der Waals surface area contributed by atoms with E-state index in [1.54, 1.807) is 0 Å². The minimum absolute atomic E-state index is 1.00. The molecule has 1 fully saturated rings. The van der Waals surface area contributed by atoms with Crippen molar-refractivity contribution in [2.75, 3.05) is 24.6 Å². The molecule has 12 heavy (non-hydrogen) atoms. The number of hydrogen-bond acceptors (Lipinski definition) is 2. The van der Waals surface area contributed by atoms with Crippen molar-refractivity contribution in [1.29, 1.82) is 0 Å². The fraction of sp³-hybridized carbons (Fsp3) is 1.00. The Kier molecular flexibility index (Phi) is 5.88. The molecule has 0 bridgehead atoms. The van der Waals surface area contributed by atoms with E-state index in [-0.39, 0.29) is 0 Å². The van der Waals surface area contributed by atoms with Crippen LogP contribution in [0, 0.1) is 5.92 Å². The molecule has 0 amide bonds. The van der Waals surface area contributed by atoms with E-state index in [4.69, 9.17) is 0 Å². The molecule has 1 saturated heterocycles. The van der Waals surface area contributed by atoms with Crippen molar-refractivity contribution in [3.63, 3.8) is 0 Å². The van der Waals surface area contributed by atoms with Crippen LogP contribution in [0.5, 0.6) is 0 Å². The molecule has 1 nitrogen and oxygen atoms in total. The van der Waals surface area contributed by atoms with Crippen LogP contribution in [0.25, 0.3) is 0 Å². The summed E-state index contributed by atoms with van der Waals surface area (Å²) < 4.78 is 0. The van der Waals surface area contributed by atoms with Crippen LogP contribution in [0.4, 0.5) is 0 Å². The molecular weight excluding hydrogens is 166 g/mol. The maximum atomic E-state index is 3.31. The summed E-state index contributed by atoms with van der Waals surface area (Å²) >= 11 is 2.14. The summed E-state index contributed by atoms with van der Waals surface area (Å²) in [6.45, 7) is 4.82. The molecular formula is C10H21NS. The van der Waals surface area contributed by atoms with Crippen LogP contribution in [0.2, 0.25) is 0 Å². The lowest BCUT2D eigenvalue weighted by Gasteiger charge is -2.26. The first-order chi connectivity index (χ1) is 5.93. The second-order valence-electron chi connectivity index (χ2n) is 3.63. The smallest absolute Gasteiger partial charge is 0.000796 e. The van der Waals surface area contributed by atoms with Crippen LogP contribution >= 0.6 is 11.8 Å². The van der Waals surface area contributed by atoms with Crippen molar-refractivity contribution in [3.05, 3.63) is 0 Å². The Morgan fingerprint density at radius 3 is 2.67 bits per heavy atom. The zero-order chi connectivity index (χ0) is 8.65. The van der Waals surface area contributed by atoms with Gasteiger partial charge in [-0.25, -0.2) is 0 Å². The molecule has 0 radical (unpaired) electrons. The Hall–Kier alpha value is 0.310. The quantitative estimate of drug-likeness (QED) is 0.615. The molecule has 0 spiro atoms. The molecule has 2 heteroatoms. The number of hydrogen-bond donors (Lipinski definition) is 1. The normalized spacial score (nSPS) is 17.8. The van der Waals surface area contributed by atoms with Gasteiger partial charge in [0.05, 0.1) is 0 Å². The lowest BCUT2D eigenvalue weighted by Crippen LogP contribution is -2.42. The van der Waals surface area contributed by atoms with Crippen molar-refractivity contribution in [2.45, 2.75) is 32.6 Å². The monoisotopic (exact) mass is 187 g/mol.